The van der Waals surface area contributed by atoms with Crippen LogP contribution >= 0.6 is 0 Å². The van der Waals surface area contributed by atoms with Crippen LogP contribution < -0.4 is 10.5 Å². The molecular formula is C14H23N3O. The van der Waals surface area contributed by atoms with Crippen molar-refractivity contribution in [2.75, 3.05) is 18.0 Å². The van der Waals surface area contributed by atoms with Gasteiger partial charge in [0, 0.05) is 25.1 Å². The quantitative estimate of drug-likeness (QED) is 0.892. The molecule has 1 saturated heterocycles. The van der Waals surface area contributed by atoms with Gasteiger partial charge in [-0.1, -0.05) is 27.2 Å². The summed E-state index contributed by atoms with van der Waals surface area (Å²) in [4.78, 5) is 21.3. The van der Waals surface area contributed by atoms with Crippen molar-refractivity contribution in [3.8, 4) is 0 Å². The maximum Gasteiger partial charge on any atom is 0.252 e. The molecule has 4 heteroatoms. The summed E-state index contributed by atoms with van der Waals surface area (Å²) in [7, 11) is 0. The highest BCUT2D eigenvalue weighted by Gasteiger charge is 2.23. The zero-order chi connectivity index (χ0) is 13.1. The fourth-order valence-corrected chi connectivity index (χ4v) is 2.58. The number of nitrogens with one attached hydrogen (secondary N) is 1. The van der Waals surface area contributed by atoms with Crippen molar-refractivity contribution in [2.24, 2.45) is 5.92 Å². The number of hydrogen-bond donors (Lipinski definition) is 1. The van der Waals surface area contributed by atoms with Crippen LogP contribution in [-0.4, -0.2) is 23.1 Å². The lowest BCUT2D eigenvalue weighted by molar-refractivity contribution is 0.529. The SMILES string of the molecule is CCCC1CCN(c2cc(=O)[nH]c(C(C)C)n2)C1. The summed E-state index contributed by atoms with van der Waals surface area (Å²) in [6.45, 7) is 8.39. The van der Waals surface area contributed by atoms with Crippen molar-refractivity contribution in [1.29, 1.82) is 0 Å². The van der Waals surface area contributed by atoms with Gasteiger partial charge in [0.25, 0.3) is 5.56 Å². The predicted molar refractivity (Wildman–Crippen MR) is 74.2 cm³/mol. The summed E-state index contributed by atoms with van der Waals surface area (Å²) in [6, 6.07) is 1.63. The Morgan fingerprint density at radius 2 is 2.33 bits per heavy atom. The van der Waals surface area contributed by atoms with E-state index in [0.717, 1.165) is 30.6 Å². The second-order valence-electron chi connectivity index (χ2n) is 5.53. The number of anilines is 1. The molecule has 1 atom stereocenters. The average Bonchev–Trinajstić information content (AvgIpc) is 2.77. The van der Waals surface area contributed by atoms with Crippen LogP contribution in [0, 0.1) is 5.92 Å². The lowest BCUT2D eigenvalue weighted by Gasteiger charge is -2.18. The van der Waals surface area contributed by atoms with E-state index in [1.807, 2.05) is 13.8 Å². The molecule has 0 aliphatic carbocycles. The minimum atomic E-state index is -0.0392. The van der Waals surface area contributed by atoms with Crippen molar-refractivity contribution >= 4 is 5.82 Å². The third-order valence-corrected chi connectivity index (χ3v) is 3.60. The van der Waals surface area contributed by atoms with E-state index in [1.165, 1.54) is 19.3 Å². The molecule has 1 N–H and O–H groups in total. The van der Waals surface area contributed by atoms with Crippen molar-refractivity contribution in [2.45, 2.75) is 46.0 Å². The van der Waals surface area contributed by atoms with E-state index in [-0.39, 0.29) is 11.5 Å². The third kappa shape index (κ3) is 2.92. The molecule has 0 bridgehead atoms. The number of H-pyrrole nitrogens is 1. The fraction of sp³-hybridized carbons (Fsp3) is 0.714. The second kappa shape index (κ2) is 5.55. The Morgan fingerprint density at radius 3 is 3.00 bits per heavy atom. The van der Waals surface area contributed by atoms with E-state index in [1.54, 1.807) is 6.07 Å². The Morgan fingerprint density at radius 1 is 1.56 bits per heavy atom. The molecule has 1 aromatic rings. The topological polar surface area (TPSA) is 49.0 Å². The Balaban J connectivity index is 2.16. The van der Waals surface area contributed by atoms with Crippen LogP contribution in [0.4, 0.5) is 5.82 Å². The highest BCUT2D eigenvalue weighted by molar-refractivity contribution is 5.39. The van der Waals surface area contributed by atoms with Crippen LogP contribution in [0.5, 0.6) is 0 Å². The summed E-state index contributed by atoms with van der Waals surface area (Å²) in [5, 5.41) is 0. The number of nitrogens with zero attached hydrogens (tertiary/aromatic N) is 2. The molecular weight excluding hydrogens is 226 g/mol. The maximum absolute atomic E-state index is 11.7. The monoisotopic (exact) mass is 249 g/mol. The van der Waals surface area contributed by atoms with Gasteiger partial charge in [0.1, 0.15) is 11.6 Å². The van der Waals surface area contributed by atoms with Gasteiger partial charge in [0.15, 0.2) is 0 Å². The molecule has 2 rings (SSSR count). The molecule has 0 radical (unpaired) electrons. The van der Waals surface area contributed by atoms with Gasteiger partial charge in [-0.05, 0) is 18.8 Å². The number of rotatable bonds is 4. The standard InChI is InChI=1S/C14H23N3O/c1-4-5-11-6-7-17(9-11)12-8-13(18)16-14(15-12)10(2)3/h8,10-11H,4-7,9H2,1-3H3,(H,15,16,18). The molecule has 0 spiro atoms. The lowest BCUT2D eigenvalue weighted by atomic mass is 10.0. The predicted octanol–water partition coefficient (Wildman–Crippen LogP) is 2.52. The zero-order valence-electron chi connectivity index (χ0n) is 11.6. The van der Waals surface area contributed by atoms with Gasteiger partial charge in [-0.2, -0.15) is 0 Å². The van der Waals surface area contributed by atoms with Crippen molar-refractivity contribution in [3.05, 3.63) is 22.2 Å². The lowest BCUT2D eigenvalue weighted by Crippen LogP contribution is -2.24. The Kier molecular flexibility index (Phi) is 4.04. The minimum absolute atomic E-state index is 0.0392. The average molecular weight is 249 g/mol. The van der Waals surface area contributed by atoms with Crippen LogP contribution in [0.3, 0.4) is 0 Å². The highest BCUT2D eigenvalue weighted by Crippen LogP contribution is 2.24. The molecule has 2 heterocycles. The van der Waals surface area contributed by atoms with Crippen LogP contribution in [0.25, 0.3) is 0 Å². The van der Waals surface area contributed by atoms with Gasteiger partial charge in [-0.15, -0.1) is 0 Å². The molecule has 18 heavy (non-hydrogen) atoms. The maximum atomic E-state index is 11.7. The molecule has 1 fully saturated rings. The minimum Gasteiger partial charge on any atom is -0.356 e. The van der Waals surface area contributed by atoms with Crippen LogP contribution in [0.1, 0.15) is 51.8 Å². The van der Waals surface area contributed by atoms with Crippen LogP contribution in [-0.2, 0) is 0 Å². The number of hydrogen-bond acceptors (Lipinski definition) is 3. The Bertz CT molecular complexity index is 453. The fourth-order valence-electron chi connectivity index (χ4n) is 2.58. The van der Waals surface area contributed by atoms with Crippen molar-refractivity contribution in [3.63, 3.8) is 0 Å². The summed E-state index contributed by atoms with van der Waals surface area (Å²) < 4.78 is 0. The van der Waals surface area contributed by atoms with E-state index in [2.05, 4.69) is 21.8 Å². The normalized spacial score (nSPS) is 19.8. The van der Waals surface area contributed by atoms with Crippen molar-refractivity contribution in [1.82, 2.24) is 9.97 Å². The first-order valence-corrected chi connectivity index (χ1v) is 6.96. The molecule has 0 amide bonds. The van der Waals surface area contributed by atoms with Gasteiger partial charge in [0.2, 0.25) is 0 Å². The first-order valence-electron chi connectivity index (χ1n) is 6.96. The molecule has 0 saturated carbocycles. The van der Waals surface area contributed by atoms with Crippen molar-refractivity contribution < 1.29 is 0 Å². The van der Waals surface area contributed by atoms with E-state index in [4.69, 9.17) is 0 Å². The number of aromatic nitrogens is 2. The first-order chi connectivity index (χ1) is 8.60. The summed E-state index contributed by atoms with van der Waals surface area (Å²) in [6.07, 6.45) is 3.73. The summed E-state index contributed by atoms with van der Waals surface area (Å²) in [5.74, 6) is 2.66. The van der Waals surface area contributed by atoms with Crippen LogP contribution in [0.15, 0.2) is 10.9 Å². The van der Waals surface area contributed by atoms with E-state index >= 15 is 0 Å². The molecule has 100 valence electrons. The summed E-state index contributed by atoms with van der Waals surface area (Å²) >= 11 is 0. The Labute approximate surface area is 108 Å². The van der Waals surface area contributed by atoms with Gasteiger partial charge >= 0.3 is 0 Å². The van der Waals surface area contributed by atoms with E-state index < -0.39 is 0 Å². The number of aromatic amines is 1. The largest absolute Gasteiger partial charge is 0.356 e. The molecule has 1 aliphatic rings. The Hall–Kier alpha value is -1.32. The molecule has 1 aliphatic heterocycles. The zero-order valence-corrected chi connectivity index (χ0v) is 11.6. The van der Waals surface area contributed by atoms with Gasteiger partial charge < -0.3 is 9.88 Å². The van der Waals surface area contributed by atoms with Gasteiger partial charge in [0.05, 0.1) is 0 Å². The van der Waals surface area contributed by atoms with E-state index in [0.29, 0.717) is 0 Å². The highest BCUT2D eigenvalue weighted by atomic mass is 16.1. The van der Waals surface area contributed by atoms with Gasteiger partial charge in [-0.3, -0.25) is 4.79 Å². The molecule has 0 aromatic carbocycles. The van der Waals surface area contributed by atoms with Gasteiger partial charge in [-0.25, -0.2) is 4.98 Å². The molecule has 1 unspecified atom stereocenters. The smallest absolute Gasteiger partial charge is 0.252 e. The first kappa shape index (κ1) is 13.1. The second-order valence-corrected chi connectivity index (χ2v) is 5.53. The molecule has 4 nitrogen and oxygen atoms in total. The summed E-state index contributed by atoms with van der Waals surface area (Å²) in [5.41, 5.74) is -0.0392. The van der Waals surface area contributed by atoms with Crippen LogP contribution in [0.2, 0.25) is 0 Å². The van der Waals surface area contributed by atoms with E-state index in [9.17, 15) is 4.79 Å². The third-order valence-electron chi connectivity index (χ3n) is 3.60. The molecule has 1 aromatic heterocycles.